The van der Waals surface area contributed by atoms with Gasteiger partial charge < -0.3 is 20.5 Å². The molecular weight excluding hydrogens is 284 g/mol. The first-order chi connectivity index (χ1) is 10.1. The molecule has 0 aromatic heterocycles. The minimum absolute atomic E-state index is 0.385. The third-order valence-electron chi connectivity index (χ3n) is 4.12. The number of piperidine rings is 1. The summed E-state index contributed by atoms with van der Waals surface area (Å²) in [6, 6.07) is 7.53. The number of rotatable bonds is 6. The Bertz CT molecular complexity index is 456. The molecule has 1 unspecified atom stereocenters. The highest BCUT2D eigenvalue weighted by Gasteiger charge is 2.21. The Hall–Kier alpha value is -1.01. The molecule has 116 valence electrons. The van der Waals surface area contributed by atoms with Gasteiger partial charge in [0.05, 0.1) is 6.10 Å². The van der Waals surface area contributed by atoms with Crippen molar-refractivity contribution < 1.29 is 9.84 Å². The molecule has 0 aliphatic carbocycles. The average molecular weight is 308 g/mol. The Morgan fingerprint density at radius 2 is 2.00 bits per heavy atom. The Morgan fingerprint density at radius 3 is 2.52 bits per heavy atom. The van der Waals surface area contributed by atoms with E-state index >= 15 is 0 Å². The highest BCUT2D eigenvalue weighted by atomic mass is 32.1. The van der Waals surface area contributed by atoms with Crippen LogP contribution in [0.3, 0.4) is 0 Å². The van der Waals surface area contributed by atoms with Crippen molar-refractivity contribution in [3.63, 3.8) is 0 Å². The van der Waals surface area contributed by atoms with Crippen LogP contribution in [-0.2, 0) is 4.74 Å². The number of nitrogens with two attached hydrogens (primary N) is 1. The van der Waals surface area contributed by atoms with E-state index in [-0.39, 0.29) is 0 Å². The van der Waals surface area contributed by atoms with Crippen LogP contribution >= 0.6 is 12.2 Å². The third kappa shape index (κ3) is 4.74. The summed E-state index contributed by atoms with van der Waals surface area (Å²) >= 11 is 4.93. The van der Waals surface area contributed by atoms with Crippen molar-refractivity contribution in [1.29, 1.82) is 0 Å². The summed E-state index contributed by atoms with van der Waals surface area (Å²) in [6.07, 6.45) is 1.81. The van der Waals surface area contributed by atoms with Crippen LogP contribution in [0.2, 0.25) is 0 Å². The van der Waals surface area contributed by atoms with Crippen LogP contribution in [0.1, 0.15) is 30.1 Å². The summed E-state index contributed by atoms with van der Waals surface area (Å²) < 4.78 is 5.21. The lowest BCUT2D eigenvalue weighted by molar-refractivity contribution is 0.0657. The molecule has 1 heterocycles. The fraction of sp³-hybridized carbons (Fsp3) is 0.562. The molecule has 0 saturated carbocycles. The summed E-state index contributed by atoms with van der Waals surface area (Å²) in [4.78, 5) is 2.70. The molecule has 1 aliphatic heterocycles. The lowest BCUT2D eigenvalue weighted by Crippen LogP contribution is -2.37. The summed E-state index contributed by atoms with van der Waals surface area (Å²) in [5.41, 5.74) is 7.32. The lowest BCUT2D eigenvalue weighted by atomic mass is 9.97. The van der Waals surface area contributed by atoms with E-state index in [1.54, 1.807) is 7.11 Å². The van der Waals surface area contributed by atoms with Crippen LogP contribution < -0.4 is 5.73 Å². The zero-order valence-corrected chi connectivity index (χ0v) is 13.3. The van der Waals surface area contributed by atoms with Gasteiger partial charge in [0.1, 0.15) is 4.99 Å². The van der Waals surface area contributed by atoms with E-state index in [0.29, 0.717) is 17.5 Å². The number of ether oxygens (including phenoxy) is 1. The molecule has 4 nitrogen and oxygen atoms in total. The number of thiocarbonyl (C=S) groups is 1. The first kappa shape index (κ1) is 16.4. The van der Waals surface area contributed by atoms with Gasteiger partial charge in [-0.25, -0.2) is 0 Å². The van der Waals surface area contributed by atoms with Gasteiger partial charge in [0.2, 0.25) is 0 Å². The van der Waals surface area contributed by atoms with Crippen molar-refractivity contribution in [1.82, 2.24) is 4.90 Å². The van der Waals surface area contributed by atoms with Crippen LogP contribution in [0, 0.1) is 5.92 Å². The van der Waals surface area contributed by atoms with Gasteiger partial charge >= 0.3 is 0 Å². The molecule has 1 aromatic rings. The number of aliphatic hydroxyl groups excluding tert-OH is 1. The van der Waals surface area contributed by atoms with Crippen molar-refractivity contribution in [3.8, 4) is 0 Å². The second kappa shape index (κ2) is 7.84. The Balaban J connectivity index is 1.84. The van der Waals surface area contributed by atoms with Crippen molar-refractivity contribution in [2.45, 2.75) is 18.9 Å². The van der Waals surface area contributed by atoms with Gasteiger partial charge in [0.15, 0.2) is 0 Å². The quantitative estimate of drug-likeness (QED) is 0.784. The van der Waals surface area contributed by atoms with Gasteiger partial charge in [-0.1, -0.05) is 36.5 Å². The molecule has 0 spiro atoms. The predicted octanol–water partition coefficient (Wildman–Crippen LogP) is 1.71. The maximum atomic E-state index is 10.3. The highest BCUT2D eigenvalue weighted by molar-refractivity contribution is 7.80. The number of likely N-dealkylation sites (tertiary alicyclic amines) is 1. The molecule has 3 N–H and O–H groups in total. The minimum Gasteiger partial charge on any atom is -0.389 e. The van der Waals surface area contributed by atoms with Crippen molar-refractivity contribution >= 4 is 17.2 Å². The molecule has 1 atom stereocenters. The molecule has 1 fully saturated rings. The molecular formula is C16H24N2O2S. The Morgan fingerprint density at radius 1 is 1.38 bits per heavy atom. The number of β-amino-alcohol motifs (C(OH)–C–C–N with tert-alkyl or cyclic N) is 1. The van der Waals surface area contributed by atoms with E-state index in [9.17, 15) is 5.11 Å². The molecule has 1 aliphatic rings. The van der Waals surface area contributed by atoms with Crippen LogP contribution in [0.5, 0.6) is 0 Å². The number of hydrogen-bond donors (Lipinski definition) is 2. The van der Waals surface area contributed by atoms with Crippen LogP contribution in [-0.4, -0.2) is 48.3 Å². The predicted molar refractivity (Wildman–Crippen MR) is 88.3 cm³/mol. The number of hydrogen-bond acceptors (Lipinski definition) is 4. The van der Waals surface area contributed by atoms with Gasteiger partial charge in [-0.3, -0.25) is 0 Å². The molecule has 5 heteroatoms. The molecule has 1 aromatic carbocycles. The topological polar surface area (TPSA) is 58.7 Å². The maximum Gasteiger partial charge on any atom is 0.103 e. The average Bonchev–Trinajstić information content (AvgIpc) is 2.49. The van der Waals surface area contributed by atoms with Crippen LogP contribution in [0.25, 0.3) is 0 Å². The Labute approximate surface area is 131 Å². The maximum absolute atomic E-state index is 10.3. The van der Waals surface area contributed by atoms with E-state index in [4.69, 9.17) is 22.7 Å². The van der Waals surface area contributed by atoms with Gasteiger partial charge in [-0.05, 0) is 37.4 Å². The van der Waals surface area contributed by atoms with Crippen LogP contribution in [0.15, 0.2) is 24.3 Å². The van der Waals surface area contributed by atoms with Crippen molar-refractivity contribution in [3.05, 3.63) is 35.4 Å². The van der Waals surface area contributed by atoms with Gasteiger partial charge in [-0.15, -0.1) is 0 Å². The zero-order valence-electron chi connectivity index (χ0n) is 12.5. The SMILES string of the molecule is COCC1CCN(CC(O)c2ccc(C(N)=S)cc2)CC1. The lowest BCUT2D eigenvalue weighted by Gasteiger charge is -2.32. The summed E-state index contributed by atoms with van der Waals surface area (Å²) in [5.74, 6) is 0.660. The van der Waals surface area contributed by atoms with Crippen LogP contribution in [0.4, 0.5) is 0 Å². The van der Waals surface area contributed by atoms with Gasteiger partial charge in [0, 0.05) is 25.8 Å². The second-order valence-corrected chi connectivity index (χ2v) is 6.14. The third-order valence-corrected chi connectivity index (χ3v) is 4.36. The van der Waals surface area contributed by atoms with Crippen molar-refractivity contribution in [2.75, 3.05) is 33.4 Å². The van der Waals surface area contributed by atoms with E-state index in [1.807, 2.05) is 24.3 Å². The van der Waals surface area contributed by atoms with E-state index in [1.165, 1.54) is 0 Å². The first-order valence-corrected chi connectivity index (χ1v) is 7.80. The molecule has 2 rings (SSSR count). The normalized spacial score (nSPS) is 18.6. The smallest absolute Gasteiger partial charge is 0.103 e. The van der Waals surface area contributed by atoms with Crippen molar-refractivity contribution in [2.24, 2.45) is 11.7 Å². The Kier molecular flexibility index (Phi) is 6.11. The van der Waals surface area contributed by atoms with E-state index in [0.717, 1.165) is 43.7 Å². The monoisotopic (exact) mass is 308 g/mol. The van der Waals surface area contributed by atoms with Gasteiger partial charge in [-0.2, -0.15) is 0 Å². The molecule has 0 amide bonds. The molecule has 1 saturated heterocycles. The standard InChI is InChI=1S/C16H24N2O2S/c1-20-11-12-6-8-18(9-7-12)10-15(19)13-2-4-14(5-3-13)16(17)21/h2-5,12,15,19H,6-11H2,1H3,(H2,17,21). The number of nitrogens with zero attached hydrogens (tertiary/aromatic N) is 1. The number of aliphatic hydroxyl groups is 1. The summed E-state index contributed by atoms with van der Waals surface area (Å²) in [5, 5.41) is 10.3. The van der Waals surface area contributed by atoms with Gasteiger partial charge in [0.25, 0.3) is 0 Å². The fourth-order valence-electron chi connectivity index (χ4n) is 2.79. The zero-order chi connectivity index (χ0) is 15.2. The van der Waals surface area contributed by atoms with E-state index in [2.05, 4.69) is 4.90 Å². The largest absolute Gasteiger partial charge is 0.389 e. The molecule has 21 heavy (non-hydrogen) atoms. The minimum atomic E-state index is -0.468. The second-order valence-electron chi connectivity index (χ2n) is 5.70. The molecule has 0 radical (unpaired) electrons. The highest BCUT2D eigenvalue weighted by Crippen LogP contribution is 2.21. The van der Waals surface area contributed by atoms with E-state index < -0.39 is 6.10 Å². The first-order valence-electron chi connectivity index (χ1n) is 7.39. The fourth-order valence-corrected chi connectivity index (χ4v) is 2.93. The molecule has 0 bridgehead atoms. The summed E-state index contributed by atoms with van der Waals surface area (Å²) in [6.45, 7) is 3.56. The number of benzene rings is 1. The summed E-state index contributed by atoms with van der Waals surface area (Å²) in [7, 11) is 1.76. The number of methoxy groups -OCH3 is 1.